The normalized spacial score (nSPS) is 22.9. The van der Waals surface area contributed by atoms with Crippen molar-refractivity contribution in [1.82, 2.24) is 0 Å². The quantitative estimate of drug-likeness (QED) is 0.357. The topological polar surface area (TPSA) is 0 Å². The summed E-state index contributed by atoms with van der Waals surface area (Å²) in [7, 11) is 0. The Labute approximate surface area is 110 Å². The van der Waals surface area contributed by atoms with Crippen molar-refractivity contribution < 1.29 is 0 Å². The molecule has 0 N–H and O–H groups in total. The van der Waals surface area contributed by atoms with Crippen molar-refractivity contribution in [3.63, 3.8) is 0 Å². The van der Waals surface area contributed by atoms with Crippen LogP contribution in [-0.4, -0.2) is 0 Å². The van der Waals surface area contributed by atoms with Crippen LogP contribution in [-0.2, 0) is 0 Å². The average Bonchev–Trinajstić information content (AvgIpc) is 3.08. The SMILES string of the molecule is CCCCC[CH]C1CC1CCCCCCCC. The second-order valence-electron chi connectivity index (χ2n) is 5.95. The molecule has 0 amide bonds. The van der Waals surface area contributed by atoms with Crippen molar-refractivity contribution >= 4 is 0 Å². The molecule has 1 fully saturated rings. The average molecular weight is 237 g/mol. The van der Waals surface area contributed by atoms with E-state index in [1.807, 2.05) is 0 Å². The molecule has 1 aliphatic carbocycles. The molecule has 1 rings (SSSR count). The highest BCUT2D eigenvalue weighted by Gasteiger charge is 2.35. The van der Waals surface area contributed by atoms with Crippen LogP contribution in [0.5, 0.6) is 0 Å². The number of rotatable bonds is 12. The first-order valence-electron chi connectivity index (χ1n) is 8.21. The van der Waals surface area contributed by atoms with Gasteiger partial charge in [-0.25, -0.2) is 0 Å². The van der Waals surface area contributed by atoms with E-state index in [0.29, 0.717) is 0 Å². The summed E-state index contributed by atoms with van der Waals surface area (Å²) in [6.07, 6.45) is 20.0. The summed E-state index contributed by atoms with van der Waals surface area (Å²) in [4.78, 5) is 0. The zero-order chi connectivity index (χ0) is 12.3. The van der Waals surface area contributed by atoms with Gasteiger partial charge in [0.25, 0.3) is 0 Å². The third-order valence-corrected chi connectivity index (χ3v) is 4.18. The summed E-state index contributed by atoms with van der Waals surface area (Å²) in [5.74, 6) is 2.10. The van der Waals surface area contributed by atoms with Crippen LogP contribution in [0.25, 0.3) is 0 Å². The van der Waals surface area contributed by atoms with E-state index in [4.69, 9.17) is 0 Å². The van der Waals surface area contributed by atoms with Gasteiger partial charge in [-0.3, -0.25) is 0 Å². The molecule has 0 spiro atoms. The van der Waals surface area contributed by atoms with Crippen LogP contribution in [0.15, 0.2) is 0 Å². The predicted octanol–water partition coefficient (Wildman–Crippen LogP) is 6.16. The van der Waals surface area contributed by atoms with Gasteiger partial charge in [0.05, 0.1) is 0 Å². The molecule has 1 radical (unpaired) electrons. The first-order valence-corrected chi connectivity index (χ1v) is 8.21. The maximum Gasteiger partial charge on any atom is -0.0352 e. The van der Waals surface area contributed by atoms with Crippen molar-refractivity contribution in [2.45, 2.75) is 90.9 Å². The zero-order valence-corrected chi connectivity index (χ0v) is 12.2. The van der Waals surface area contributed by atoms with Gasteiger partial charge in [-0.15, -0.1) is 0 Å². The summed E-state index contributed by atoms with van der Waals surface area (Å²) < 4.78 is 0. The van der Waals surface area contributed by atoms with Crippen LogP contribution in [0, 0.1) is 18.3 Å². The fraction of sp³-hybridized carbons (Fsp3) is 0.941. The lowest BCUT2D eigenvalue weighted by atomic mass is 10.0. The van der Waals surface area contributed by atoms with E-state index in [0.717, 1.165) is 11.8 Å². The Morgan fingerprint density at radius 3 is 2.24 bits per heavy atom. The third-order valence-electron chi connectivity index (χ3n) is 4.18. The molecule has 0 aliphatic heterocycles. The van der Waals surface area contributed by atoms with E-state index >= 15 is 0 Å². The molecule has 1 saturated carbocycles. The van der Waals surface area contributed by atoms with Crippen LogP contribution in [0.3, 0.4) is 0 Å². The Balaban J connectivity index is 1.78. The standard InChI is InChI=1S/C17H33/c1-3-5-7-9-10-12-14-17-15-16(17)13-11-8-6-4-2/h13,16-17H,3-12,14-15H2,1-2H3. The van der Waals surface area contributed by atoms with Gasteiger partial charge in [0.15, 0.2) is 0 Å². The monoisotopic (exact) mass is 237 g/mol. The Morgan fingerprint density at radius 1 is 0.824 bits per heavy atom. The molecule has 0 bridgehead atoms. The van der Waals surface area contributed by atoms with E-state index in [2.05, 4.69) is 20.3 Å². The summed E-state index contributed by atoms with van der Waals surface area (Å²) >= 11 is 0. The molecule has 0 aromatic rings. The maximum absolute atomic E-state index is 2.62. The van der Waals surface area contributed by atoms with Gasteiger partial charge in [-0.05, 0) is 31.1 Å². The van der Waals surface area contributed by atoms with E-state index in [9.17, 15) is 0 Å². The summed E-state index contributed by atoms with van der Waals surface area (Å²) in [6.45, 7) is 4.58. The fourth-order valence-corrected chi connectivity index (χ4v) is 2.80. The highest BCUT2D eigenvalue weighted by molar-refractivity contribution is 4.95. The highest BCUT2D eigenvalue weighted by atomic mass is 14.4. The number of hydrogen-bond acceptors (Lipinski definition) is 0. The second kappa shape index (κ2) is 9.97. The fourth-order valence-electron chi connectivity index (χ4n) is 2.80. The molecule has 0 aromatic carbocycles. The molecular weight excluding hydrogens is 204 g/mol. The molecule has 0 nitrogen and oxygen atoms in total. The molecule has 2 atom stereocenters. The first kappa shape index (κ1) is 15.1. The van der Waals surface area contributed by atoms with Crippen LogP contribution >= 0.6 is 0 Å². The van der Waals surface area contributed by atoms with Crippen molar-refractivity contribution in [3.05, 3.63) is 6.42 Å². The highest BCUT2D eigenvalue weighted by Crippen LogP contribution is 2.45. The van der Waals surface area contributed by atoms with Gasteiger partial charge in [0.1, 0.15) is 0 Å². The van der Waals surface area contributed by atoms with Crippen molar-refractivity contribution in [1.29, 1.82) is 0 Å². The van der Waals surface area contributed by atoms with Crippen LogP contribution < -0.4 is 0 Å². The smallest absolute Gasteiger partial charge is 0.0352 e. The third kappa shape index (κ3) is 7.84. The lowest BCUT2D eigenvalue weighted by Crippen LogP contribution is -1.87. The molecule has 0 aromatic heterocycles. The minimum absolute atomic E-state index is 1.02. The number of hydrogen-bond donors (Lipinski definition) is 0. The van der Waals surface area contributed by atoms with E-state index in [1.165, 1.54) is 77.0 Å². The van der Waals surface area contributed by atoms with Gasteiger partial charge in [-0.2, -0.15) is 0 Å². The Hall–Kier alpha value is 0. The van der Waals surface area contributed by atoms with Gasteiger partial charge in [-0.1, -0.05) is 78.1 Å². The minimum atomic E-state index is 1.02. The summed E-state index contributed by atoms with van der Waals surface area (Å²) in [6, 6.07) is 0. The zero-order valence-electron chi connectivity index (χ0n) is 12.2. The molecule has 2 unspecified atom stereocenters. The number of unbranched alkanes of at least 4 members (excludes halogenated alkanes) is 8. The second-order valence-corrected chi connectivity index (χ2v) is 5.95. The Morgan fingerprint density at radius 2 is 1.47 bits per heavy atom. The van der Waals surface area contributed by atoms with Crippen molar-refractivity contribution in [2.75, 3.05) is 0 Å². The van der Waals surface area contributed by atoms with Gasteiger partial charge < -0.3 is 0 Å². The predicted molar refractivity (Wildman–Crippen MR) is 78.0 cm³/mol. The lowest BCUT2D eigenvalue weighted by molar-refractivity contribution is 0.553. The van der Waals surface area contributed by atoms with E-state index in [-0.39, 0.29) is 0 Å². The molecule has 0 saturated heterocycles. The van der Waals surface area contributed by atoms with Gasteiger partial charge in [0, 0.05) is 0 Å². The van der Waals surface area contributed by atoms with Crippen molar-refractivity contribution in [2.24, 2.45) is 11.8 Å². The minimum Gasteiger partial charge on any atom is -0.0654 e. The largest absolute Gasteiger partial charge is 0.0654 e. The molecule has 0 heteroatoms. The summed E-state index contributed by atoms with van der Waals surface area (Å²) in [5, 5.41) is 0. The molecule has 0 heterocycles. The molecule has 17 heavy (non-hydrogen) atoms. The van der Waals surface area contributed by atoms with Crippen molar-refractivity contribution in [3.8, 4) is 0 Å². The van der Waals surface area contributed by atoms with Gasteiger partial charge in [0.2, 0.25) is 0 Å². The summed E-state index contributed by atoms with van der Waals surface area (Å²) in [5.41, 5.74) is 0. The van der Waals surface area contributed by atoms with Crippen LogP contribution in [0.4, 0.5) is 0 Å². The van der Waals surface area contributed by atoms with E-state index < -0.39 is 0 Å². The van der Waals surface area contributed by atoms with Crippen LogP contribution in [0.1, 0.15) is 90.9 Å². The Bertz CT molecular complexity index is 161. The van der Waals surface area contributed by atoms with E-state index in [1.54, 1.807) is 0 Å². The molecule has 1 aliphatic rings. The maximum atomic E-state index is 2.62. The first-order chi connectivity index (χ1) is 8.38. The molecular formula is C17H33. The lowest BCUT2D eigenvalue weighted by Gasteiger charge is -2.01. The molecule has 101 valence electrons. The van der Waals surface area contributed by atoms with Gasteiger partial charge >= 0.3 is 0 Å². The van der Waals surface area contributed by atoms with Crippen LogP contribution in [0.2, 0.25) is 0 Å². The Kier molecular flexibility index (Phi) is 8.83.